The number of ether oxygens (including phenoxy) is 2. The minimum atomic E-state index is -0.531. The molecule has 0 bridgehead atoms. The fourth-order valence-electron chi connectivity index (χ4n) is 5.61. The molecule has 4 nitrogen and oxygen atoms in total. The van der Waals surface area contributed by atoms with Gasteiger partial charge in [-0.2, -0.15) is 0 Å². The molecule has 1 atom stereocenters. The summed E-state index contributed by atoms with van der Waals surface area (Å²) in [5.74, 6) is 1.64. The van der Waals surface area contributed by atoms with Gasteiger partial charge < -0.3 is 9.47 Å². The highest BCUT2D eigenvalue weighted by Crippen LogP contribution is 2.41. The Bertz CT molecular complexity index is 1260. The van der Waals surface area contributed by atoms with Gasteiger partial charge in [-0.15, -0.1) is 0 Å². The summed E-state index contributed by atoms with van der Waals surface area (Å²) in [6.07, 6.45) is 4.15. The number of alkyl halides is 2. The molecule has 0 unspecified atom stereocenters. The smallest absolute Gasteiger partial charge is 0.172 e. The van der Waals surface area contributed by atoms with Crippen LogP contribution in [0.15, 0.2) is 66.7 Å². The van der Waals surface area contributed by atoms with Crippen molar-refractivity contribution in [3.05, 3.63) is 89.0 Å². The molecular formula is C32H34F3NO3. The van der Waals surface area contributed by atoms with Gasteiger partial charge in [-0.25, -0.2) is 4.39 Å². The van der Waals surface area contributed by atoms with Gasteiger partial charge in [0.05, 0.1) is 6.67 Å². The van der Waals surface area contributed by atoms with Crippen LogP contribution in [0.25, 0.3) is 11.1 Å². The predicted octanol–water partition coefficient (Wildman–Crippen LogP) is 7.41. The van der Waals surface area contributed by atoms with Crippen molar-refractivity contribution >= 4 is 11.1 Å². The van der Waals surface area contributed by atoms with Gasteiger partial charge in [-0.05, 0) is 102 Å². The fraction of sp³-hybridized carbons (Fsp3) is 0.375. The molecule has 1 aliphatic carbocycles. The monoisotopic (exact) mass is 537 g/mol. The highest BCUT2D eigenvalue weighted by atomic mass is 19.3. The average Bonchev–Trinajstić information content (AvgIpc) is 3.33. The van der Waals surface area contributed by atoms with E-state index < -0.39 is 6.67 Å². The summed E-state index contributed by atoms with van der Waals surface area (Å²) in [6, 6.07) is 21.3. The molecule has 0 amide bonds. The van der Waals surface area contributed by atoms with E-state index in [9.17, 15) is 13.3 Å². The standard InChI is InChI=1S/C32H34F3NO3/c33-16-2-18-36-19-15-29(22-36)38-27-11-7-24(8-12-27)32-30(23-5-9-26(10-6-23)37-20-17-34)4-1-3-25-21-28(39-35)13-14-31(25)32/h5-14,21,29H,1-4,15-20,22H2/t29-/m0/s1. The van der Waals surface area contributed by atoms with Gasteiger partial charge in [0, 0.05) is 24.2 Å². The Hall–Kier alpha value is -3.45. The number of fused-ring (bicyclic) bond motifs is 1. The van der Waals surface area contributed by atoms with Crippen LogP contribution in [0.5, 0.6) is 17.2 Å². The summed E-state index contributed by atoms with van der Waals surface area (Å²) in [7, 11) is 0. The van der Waals surface area contributed by atoms with Crippen LogP contribution in [0.2, 0.25) is 0 Å². The number of halogens is 3. The second-order valence-corrected chi connectivity index (χ2v) is 10.1. The van der Waals surface area contributed by atoms with Crippen LogP contribution in [-0.4, -0.2) is 50.6 Å². The van der Waals surface area contributed by atoms with E-state index in [2.05, 4.69) is 22.0 Å². The molecule has 1 aliphatic heterocycles. The van der Waals surface area contributed by atoms with Gasteiger partial charge in [0.15, 0.2) is 5.75 Å². The molecule has 5 rings (SSSR count). The lowest BCUT2D eigenvalue weighted by molar-refractivity contribution is -0.00629. The molecular weight excluding hydrogens is 503 g/mol. The minimum absolute atomic E-state index is 0.0323. The van der Waals surface area contributed by atoms with Crippen LogP contribution in [0, 0.1) is 0 Å². The third kappa shape index (κ3) is 6.59. The third-order valence-corrected chi connectivity index (χ3v) is 7.44. The lowest BCUT2D eigenvalue weighted by Gasteiger charge is -2.19. The van der Waals surface area contributed by atoms with Crippen LogP contribution in [-0.2, 0) is 6.42 Å². The van der Waals surface area contributed by atoms with E-state index in [4.69, 9.17) is 9.47 Å². The lowest BCUT2D eigenvalue weighted by atomic mass is 9.88. The van der Waals surface area contributed by atoms with Gasteiger partial charge in [-0.1, -0.05) is 30.3 Å². The van der Waals surface area contributed by atoms with Crippen molar-refractivity contribution in [2.75, 3.05) is 39.6 Å². The van der Waals surface area contributed by atoms with Crippen LogP contribution in [0.1, 0.15) is 47.9 Å². The van der Waals surface area contributed by atoms with Gasteiger partial charge in [0.25, 0.3) is 0 Å². The predicted molar refractivity (Wildman–Crippen MR) is 147 cm³/mol. The molecule has 0 aromatic heterocycles. The Morgan fingerprint density at radius 1 is 0.821 bits per heavy atom. The number of hydrogen-bond donors (Lipinski definition) is 0. The van der Waals surface area contributed by atoms with Crippen molar-refractivity contribution in [2.24, 2.45) is 0 Å². The number of hydrogen-bond acceptors (Lipinski definition) is 4. The molecule has 1 saturated heterocycles. The Morgan fingerprint density at radius 3 is 2.31 bits per heavy atom. The molecule has 1 heterocycles. The summed E-state index contributed by atoms with van der Waals surface area (Å²) in [5.41, 5.74) is 6.48. The maximum absolute atomic E-state index is 13.0. The highest BCUT2D eigenvalue weighted by Gasteiger charge is 2.24. The van der Waals surface area contributed by atoms with Crippen molar-refractivity contribution in [1.82, 2.24) is 4.90 Å². The van der Waals surface area contributed by atoms with Crippen molar-refractivity contribution < 1.29 is 27.7 Å². The molecule has 206 valence electrons. The number of rotatable bonds is 11. The summed E-state index contributed by atoms with van der Waals surface area (Å²) in [5, 5.41) is 0. The zero-order chi connectivity index (χ0) is 27.0. The Kier molecular flexibility index (Phi) is 9.09. The molecule has 0 spiro atoms. The quantitative estimate of drug-likeness (QED) is 0.255. The normalized spacial score (nSPS) is 17.6. The third-order valence-electron chi connectivity index (χ3n) is 7.44. The van der Waals surface area contributed by atoms with Crippen molar-refractivity contribution in [2.45, 2.75) is 38.2 Å². The number of benzene rings is 3. The van der Waals surface area contributed by atoms with E-state index in [0.29, 0.717) is 12.2 Å². The second-order valence-electron chi connectivity index (χ2n) is 10.1. The number of allylic oxidation sites excluding steroid dienone is 1. The van der Waals surface area contributed by atoms with E-state index in [1.54, 1.807) is 12.1 Å². The van der Waals surface area contributed by atoms with Gasteiger partial charge >= 0.3 is 0 Å². The molecule has 0 saturated carbocycles. The zero-order valence-corrected chi connectivity index (χ0v) is 22.0. The van der Waals surface area contributed by atoms with Crippen LogP contribution < -0.4 is 14.4 Å². The maximum atomic E-state index is 13.0. The molecule has 2 aliphatic rings. The first-order valence-electron chi connectivity index (χ1n) is 13.7. The van der Waals surface area contributed by atoms with E-state index in [1.807, 2.05) is 42.5 Å². The molecule has 7 heteroatoms. The van der Waals surface area contributed by atoms with Gasteiger partial charge in [0.1, 0.15) is 30.9 Å². The van der Waals surface area contributed by atoms with E-state index in [0.717, 1.165) is 78.9 Å². The SMILES string of the molecule is FCCCN1CC[C@H](Oc2ccc(C3=C(c4ccc(OCCF)cc4)CCCc4cc(OF)ccc43)cc2)C1. The number of nitrogens with zero attached hydrogens (tertiary/aromatic N) is 1. The summed E-state index contributed by atoms with van der Waals surface area (Å²) in [6.45, 7) is 1.72. The summed E-state index contributed by atoms with van der Waals surface area (Å²) < 4.78 is 49.8. The van der Waals surface area contributed by atoms with Crippen molar-refractivity contribution in [1.29, 1.82) is 0 Å². The van der Waals surface area contributed by atoms with Gasteiger partial charge in [0.2, 0.25) is 0 Å². The van der Waals surface area contributed by atoms with Crippen LogP contribution in [0.4, 0.5) is 13.3 Å². The fourth-order valence-corrected chi connectivity index (χ4v) is 5.61. The van der Waals surface area contributed by atoms with Crippen LogP contribution in [0.3, 0.4) is 0 Å². The zero-order valence-electron chi connectivity index (χ0n) is 22.0. The van der Waals surface area contributed by atoms with E-state index in [-0.39, 0.29) is 25.1 Å². The summed E-state index contributed by atoms with van der Waals surface area (Å²) >= 11 is 0. The van der Waals surface area contributed by atoms with Crippen molar-refractivity contribution in [3.8, 4) is 17.2 Å². The molecule has 39 heavy (non-hydrogen) atoms. The first-order valence-corrected chi connectivity index (χ1v) is 13.7. The van der Waals surface area contributed by atoms with Crippen LogP contribution >= 0.6 is 0 Å². The largest absolute Gasteiger partial charge is 0.491 e. The molecule has 3 aromatic rings. The summed E-state index contributed by atoms with van der Waals surface area (Å²) in [4.78, 5) is 6.28. The Balaban J connectivity index is 1.45. The number of aryl methyl sites for hydroxylation is 1. The Labute approximate surface area is 227 Å². The topological polar surface area (TPSA) is 30.9 Å². The minimum Gasteiger partial charge on any atom is -0.491 e. The first kappa shape index (κ1) is 27.1. The Morgan fingerprint density at radius 2 is 1.56 bits per heavy atom. The molecule has 0 radical (unpaired) electrons. The lowest BCUT2D eigenvalue weighted by Crippen LogP contribution is -2.26. The first-order chi connectivity index (χ1) is 19.2. The van der Waals surface area contributed by atoms with Gasteiger partial charge in [-0.3, -0.25) is 14.2 Å². The molecule has 1 fully saturated rings. The maximum Gasteiger partial charge on any atom is 0.172 e. The van der Waals surface area contributed by atoms with E-state index >= 15 is 0 Å². The molecule has 3 aromatic carbocycles. The van der Waals surface area contributed by atoms with Crippen molar-refractivity contribution in [3.63, 3.8) is 0 Å². The molecule has 0 N–H and O–H groups in total. The second kappa shape index (κ2) is 13.1. The highest BCUT2D eigenvalue weighted by molar-refractivity contribution is 6.00. The average molecular weight is 538 g/mol. The van der Waals surface area contributed by atoms with E-state index in [1.165, 1.54) is 5.57 Å². The number of likely N-dealkylation sites (tertiary alicyclic amines) is 1.